The molecule has 0 bridgehead atoms. The Morgan fingerprint density at radius 1 is 1.08 bits per heavy atom. The molecule has 0 unspecified atom stereocenters. The Hall–Kier alpha value is -2.84. The van der Waals surface area contributed by atoms with E-state index in [2.05, 4.69) is 5.32 Å². The lowest BCUT2D eigenvalue weighted by Crippen LogP contribution is -2.57. The summed E-state index contributed by atoms with van der Waals surface area (Å²) in [5, 5.41) is 21.8. The third-order valence-corrected chi connectivity index (χ3v) is 4.27. The number of hydrogen-bond acceptors (Lipinski definition) is 4. The Morgan fingerprint density at radius 3 is 2.28 bits per heavy atom. The molecule has 1 amide bonds. The predicted octanol–water partition coefficient (Wildman–Crippen LogP) is 3.63. The number of carbonyl (C=O) groups excluding carboxylic acids is 1. The van der Waals surface area contributed by atoms with E-state index in [-0.39, 0.29) is 5.91 Å². The molecule has 2 aromatic rings. The van der Waals surface area contributed by atoms with Crippen LogP contribution in [0.2, 0.25) is 0 Å². The minimum Gasteiger partial charge on any atom is -0.457 e. The number of nitrogens with zero attached hydrogens (tertiary/aromatic N) is 1. The highest BCUT2D eigenvalue weighted by Crippen LogP contribution is 2.24. The summed E-state index contributed by atoms with van der Waals surface area (Å²) in [6.07, 6.45) is 0. The normalized spacial score (nSPS) is 11.5. The van der Waals surface area contributed by atoms with Gasteiger partial charge in [-0.2, -0.15) is 5.26 Å². The van der Waals surface area contributed by atoms with Crippen LogP contribution in [0, 0.1) is 11.3 Å². The van der Waals surface area contributed by atoms with Gasteiger partial charge < -0.3 is 15.2 Å². The molecule has 0 aliphatic carbocycles. The van der Waals surface area contributed by atoms with Crippen molar-refractivity contribution in [1.29, 1.82) is 5.26 Å². The third kappa shape index (κ3) is 4.59. The minimum absolute atomic E-state index is 0.294. The standard InChI is InChI=1S/C20H22N2O3/c1-19(2,20(3,4)24)22-18(23)15-6-5-7-17(12-15)25-16-10-8-14(13-21)9-11-16/h5-12,24H,1-4H3,(H,22,23). The van der Waals surface area contributed by atoms with Crippen molar-refractivity contribution in [3.8, 4) is 17.6 Å². The second-order valence-electron chi connectivity index (χ2n) is 6.90. The Labute approximate surface area is 147 Å². The molecule has 0 spiro atoms. The highest BCUT2D eigenvalue weighted by atomic mass is 16.5. The average Bonchev–Trinajstić information content (AvgIpc) is 2.54. The smallest absolute Gasteiger partial charge is 0.251 e. The topological polar surface area (TPSA) is 82.3 Å². The molecule has 0 atom stereocenters. The van der Waals surface area contributed by atoms with Crippen LogP contribution in [0.25, 0.3) is 0 Å². The van der Waals surface area contributed by atoms with Gasteiger partial charge in [-0.15, -0.1) is 0 Å². The molecule has 5 heteroatoms. The zero-order chi connectivity index (χ0) is 18.7. The molecule has 0 saturated heterocycles. The Kier molecular flexibility index (Phi) is 5.15. The second-order valence-corrected chi connectivity index (χ2v) is 6.90. The van der Waals surface area contributed by atoms with E-state index in [9.17, 15) is 9.90 Å². The van der Waals surface area contributed by atoms with E-state index < -0.39 is 11.1 Å². The van der Waals surface area contributed by atoms with Crippen LogP contribution < -0.4 is 10.1 Å². The highest BCUT2D eigenvalue weighted by molar-refractivity contribution is 5.95. The van der Waals surface area contributed by atoms with Crippen molar-refractivity contribution in [1.82, 2.24) is 5.32 Å². The van der Waals surface area contributed by atoms with E-state index in [4.69, 9.17) is 10.00 Å². The van der Waals surface area contributed by atoms with E-state index in [1.165, 1.54) is 0 Å². The lowest BCUT2D eigenvalue weighted by Gasteiger charge is -2.38. The van der Waals surface area contributed by atoms with Gasteiger partial charge in [0.1, 0.15) is 11.5 Å². The summed E-state index contributed by atoms with van der Waals surface area (Å²) in [6, 6.07) is 15.6. The number of benzene rings is 2. The second kappa shape index (κ2) is 6.96. The first kappa shape index (κ1) is 18.5. The van der Waals surface area contributed by atoms with Gasteiger partial charge in [-0.1, -0.05) is 6.07 Å². The number of nitriles is 1. The van der Waals surface area contributed by atoms with Gasteiger partial charge in [0.2, 0.25) is 0 Å². The van der Waals surface area contributed by atoms with E-state index in [1.807, 2.05) is 6.07 Å². The van der Waals surface area contributed by atoms with Crippen LogP contribution in [0.1, 0.15) is 43.6 Å². The summed E-state index contributed by atoms with van der Waals surface area (Å²) in [5.74, 6) is 0.796. The molecule has 0 aliphatic rings. The Morgan fingerprint density at radius 2 is 1.72 bits per heavy atom. The van der Waals surface area contributed by atoms with Gasteiger partial charge in [0.05, 0.1) is 22.8 Å². The van der Waals surface area contributed by atoms with E-state index in [0.717, 1.165) is 0 Å². The summed E-state index contributed by atoms with van der Waals surface area (Å²) >= 11 is 0. The molecule has 0 fully saturated rings. The van der Waals surface area contributed by atoms with Crippen molar-refractivity contribution in [2.45, 2.75) is 38.8 Å². The molecule has 2 aromatic carbocycles. The Bertz CT molecular complexity index is 797. The summed E-state index contributed by atoms with van der Waals surface area (Å²) in [5.41, 5.74) is -0.884. The van der Waals surface area contributed by atoms with Gasteiger partial charge in [-0.3, -0.25) is 4.79 Å². The number of carbonyl (C=O) groups is 1. The monoisotopic (exact) mass is 338 g/mol. The van der Waals surface area contributed by atoms with Crippen LogP contribution in [-0.2, 0) is 0 Å². The first-order chi connectivity index (χ1) is 11.6. The number of hydrogen-bond donors (Lipinski definition) is 2. The summed E-state index contributed by atoms with van der Waals surface area (Å²) in [4.78, 5) is 12.5. The summed E-state index contributed by atoms with van der Waals surface area (Å²) < 4.78 is 5.73. The van der Waals surface area contributed by atoms with Crippen LogP contribution in [0.15, 0.2) is 48.5 Å². The van der Waals surface area contributed by atoms with E-state index in [0.29, 0.717) is 22.6 Å². The molecule has 0 heterocycles. The van der Waals surface area contributed by atoms with Crippen LogP contribution in [-0.4, -0.2) is 22.2 Å². The fourth-order valence-corrected chi connectivity index (χ4v) is 1.94. The number of aliphatic hydroxyl groups is 1. The minimum atomic E-state index is -1.07. The van der Waals surface area contributed by atoms with Crippen molar-refractivity contribution >= 4 is 5.91 Å². The molecule has 0 radical (unpaired) electrons. The SMILES string of the molecule is CC(C)(O)C(C)(C)NC(=O)c1cccc(Oc2ccc(C#N)cc2)c1. The fourth-order valence-electron chi connectivity index (χ4n) is 1.94. The maximum atomic E-state index is 12.5. The molecule has 2 N–H and O–H groups in total. The van der Waals surface area contributed by atoms with Crippen molar-refractivity contribution in [2.24, 2.45) is 0 Å². The maximum Gasteiger partial charge on any atom is 0.251 e. The molecule has 25 heavy (non-hydrogen) atoms. The van der Waals surface area contributed by atoms with Crippen LogP contribution in [0.3, 0.4) is 0 Å². The molecule has 0 saturated carbocycles. The molecular weight excluding hydrogens is 316 g/mol. The average molecular weight is 338 g/mol. The van der Waals surface area contributed by atoms with Crippen molar-refractivity contribution < 1.29 is 14.6 Å². The molecule has 0 aromatic heterocycles. The number of amides is 1. The first-order valence-corrected chi connectivity index (χ1v) is 7.95. The molecule has 2 rings (SSSR count). The number of nitrogens with one attached hydrogen (secondary N) is 1. The predicted molar refractivity (Wildman–Crippen MR) is 95.5 cm³/mol. The highest BCUT2D eigenvalue weighted by Gasteiger charge is 2.36. The number of ether oxygens (including phenoxy) is 1. The molecule has 130 valence electrons. The quantitative estimate of drug-likeness (QED) is 0.872. The zero-order valence-corrected chi connectivity index (χ0v) is 14.8. The van der Waals surface area contributed by atoms with E-state index >= 15 is 0 Å². The maximum absolute atomic E-state index is 12.5. The lowest BCUT2D eigenvalue weighted by atomic mass is 9.86. The molecule has 0 aliphatic heterocycles. The van der Waals surface area contributed by atoms with Gasteiger partial charge in [0, 0.05) is 5.56 Å². The molecule has 5 nitrogen and oxygen atoms in total. The number of rotatable bonds is 5. The summed E-state index contributed by atoms with van der Waals surface area (Å²) in [6.45, 7) is 6.83. The first-order valence-electron chi connectivity index (χ1n) is 7.95. The largest absolute Gasteiger partial charge is 0.457 e. The van der Waals surface area contributed by atoms with Crippen molar-refractivity contribution in [3.05, 3.63) is 59.7 Å². The third-order valence-electron chi connectivity index (χ3n) is 4.27. The van der Waals surface area contributed by atoms with Crippen LogP contribution >= 0.6 is 0 Å². The fraction of sp³-hybridized carbons (Fsp3) is 0.300. The molecular formula is C20H22N2O3. The van der Waals surface area contributed by atoms with E-state index in [1.54, 1.807) is 76.2 Å². The Balaban J connectivity index is 2.15. The van der Waals surface area contributed by atoms with Crippen molar-refractivity contribution in [3.63, 3.8) is 0 Å². The lowest BCUT2D eigenvalue weighted by molar-refractivity contribution is -0.00293. The van der Waals surface area contributed by atoms with Gasteiger partial charge in [-0.25, -0.2) is 0 Å². The van der Waals surface area contributed by atoms with Gasteiger partial charge >= 0.3 is 0 Å². The van der Waals surface area contributed by atoms with Crippen molar-refractivity contribution in [2.75, 3.05) is 0 Å². The zero-order valence-electron chi connectivity index (χ0n) is 14.8. The summed E-state index contributed by atoms with van der Waals surface area (Å²) in [7, 11) is 0. The van der Waals surface area contributed by atoms with Crippen LogP contribution in [0.4, 0.5) is 0 Å². The van der Waals surface area contributed by atoms with Crippen LogP contribution in [0.5, 0.6) is 11.5 Å². The van der Waals surface area contributed by atoms with Gasteiger partial charge in [-0.05, 0) is 70.2 Å². The van der Waals surface area contributed by atoms with Gasteiger partial charge in [0.25, 0.3) is 5.91 Å². The van der Waals surface area contributed by atoms with Gasteiger partial charge in [0.15, 0.2) is 0 Å².